The van der Waals surface area contributed by atoms with E-state index in [0.29, 0.717) is 19.6 Å². The van der Waals surface area contributed by atoms with Crippen molar-refractivity contribution in [2.24, 2.45) is 0 Å². The number of anilines is 1. The van der Waals surface area contributed by atoms with Crippen molar-refractivity contribution in [3.05, 3.63) is 36.4 Å². The van der Waals surface area contributed by atoms with E-state index in [1.165, 1.54) is 0 Å². The zero-order valence-corrected chi connectivity index (χ0v) is 11.9. The van der Waals surface area contributed by atoms with Gasteiger partial charge in [0.15, 0.2) is 0 Å². The first-order valence-corrected chi connectivity index (χ1v) is 6.79. The van der Waals surface area contributed by atoms with Gasteiger partial charge in [0.05, 0.1) is 0 Å². The average Bonchev–Trinajstić information content (AvgIpc) is 2.66. The predicted octanol–water partition coefficient (Wildman–Crippen LogP) is 3.14. The van der Waals surface area contributed by atoms with Crippen molar-refractivity contribution < 1.29 is 9.53 Å². The quantitative estimate of drug-likeness (QED) is 0.631. The fraction of sp³-hybridized carbons (Fsp3) is 0.357. The van der Waals surface area contributed by atoms with Crippen LogP contribution in [0.5, 0.6) is 5.75 Å². The molecule has 1 aromatic carbocycles. The molecule has 4 heteroatoms. The molecule has 3 nitrogen and oxygen atoms in total. The van der Waals surface area contributed by atoms with E-state index in [1.54, 1.807) is 4.90 Å². The lowest BCUT2D eigenvalue weighted by Gasteiger charge is -2.17. The topological polar surface area (TPSA) is 29.5 Å². The highest BCUT2D eigenvalue weighted by atomic mass is 79.9. The van der Waals surface area contributed by atoms with Crippen LogP contribution in [0.15, 0.2) is 36.4 Å². The Hall–Kier alpha value is -1.29. The summed E-state index contributed by atoms with van der Waals surface area (Å²) in [6.45, 7) is 6.93. The van der Waals surface area contributed by atoms with Crippen LogP contribution in [0, 0.1) is 0 Å². The number of halogens is 1. The number of amides is 1. The molecular formula is C14H16BrNO2. The number of carbonyl (C=O) groups excluding carboxylic acids is 1. The minimum absolute atomic E-state index is 0.147. The molecule has 0 bridgehead atoms. The Morgan fingerprint density at radius 2 is 2.39 bits per heavy atom. The van der Waals surface area contributed by atoms with Gasteiger partial charge in [-0.2, -0.15) is 0 Å². The van der Waals surface area contributed by atoms with Gasteiger partial charge in [-0.25, -0.2) is 0 Å². The van der Waals surface area contributed by atoms with Crippen LogP contribution in [-0.4, -0.2) is 23.9 Å². The van der Waals surface area contributed by atoms with Gasteiger partial charge >= 0.3 is 0 Å². The second-order valence-corrected chi connectivity index (χ2v) is 5.84. The van der Waals surface area contributed by atoms with E-state index in [9.17, 15) is 4.79 Å². The maximum Gasteiger partial charge on any atom is 0.228 e. The summed E-state index contributed by atoms with van der Waals surface area (Å²) in [6, 6.07) is 7.61. The van der Waals surface area contributed by atoms with Crippen molar-refractivity contribution in [3.63, 3.8) is 0 Å². The molecule has 0 aromatic heterocycles. The van der Waals surface area contributed by atoms with Crippen molar-refractivity contribution in [2.45, 2.75) is 18.2 Å². The van der Waals surface area contributed by atoms with Gasteiger partial charge in [-0.05, 0) is 24.6 Å². The van der Waals surface area contributed by atoms with E-state index in [1.807, 2.05) is 31.2 Å². The van der Waals surface area contributed by atoms with Crippen LogP contribution in [0.25, 0.3) is 0 Å². The SMILES string of the molecule is C=C(C)COc1cccc(N2CC(Br)CC2=O)c1. The third kappa shape index (κ3) is 3.13. The first-order chi connectivity index (χ1) is 8.56. The lowest BCUT2D eigenvalue weighted by molar-refractivity contribution is -0.117. The lowest BCUT2D eigenvalue weighted by Crippen LogP contribution is -2.24. The molecule has 2 rings (SSSR count). The van der Waals surface area contributed by atoms with E-state index < -0.39 is 0 Å². The van der Waals surface area contributed by atoms with Crippen molar-refractivity contribution in [2.75, 3.05) is 18.1 Å². The maximum atomic E-state index is 11.8. The second kappa shape index (κ2) is 5.57. The van der Waals surface area contributed by atoms with Crippen LogP contribution >= 0.6 is 15.9 Å². The molecule has 0 saturated carbocycles. The third-order valence-electron chi connectivity index (χ3n) is 2.69. The molecule has 1 unspecified atom stereocenters. The molecule has 0 N–H and O–H groups in total. The van der Waals surface area contributed by atoms with E-state index in [-0.39, 0.29) is 10.7 Å². The minimum atomic E-state index is 0.147. The highest BCUT2D eigenvalue weighted by Crippen LogP contribution is 2.27. The second-order valence-electron chi connectivity index (χ2n) is 4.55. The summed E-state index contributed by atoms with van der Waals surface area (Å²) in [4.78, 5) is 13.8. The van der Waals surface area contributed by atoms with Gasteiger partial charge in [-0.3, -0.25) is 4.79 Å². The largest absolute Gasteiger partial charge is 0.489 e. The molecule has 1 fully saturated rings. The number of nitrogens with zero attached hydrogens (tertiary/aromatic N) is 1. The highest BCUT2D eigenvalue weighted by molar-refractivity contribution is 9.09. The molecule has 0 spiro atoms. The molecule has 1 saturated heterocycles. The molecule has 1 aliphatic heterocycles. The van der Waals surface area contributed by atoms with E-state index in [0.717, 1.165) is 17.0 Å². The minimum Gasteiger partial charge on any atom is -0.489 e. The zero-order chi connectivity index (χ0) is 13.1. The fourth-order valence-corrected chi connectivity index (χ4v) is 2.43. The van der Waals surface area contributed by atoms with Crippen molar-refractivity contribution >= 4 is 27.5 Å². The predicted molar refractivity (Wildman–Crippen MR) is 76.4 cm³/mol. The van der Waals surface area contributed by atoms with E-state index >= 15 is 0 Å². The Morgan fingerprint density at radius 3 is 3.00 bits per heavy atom. The molecule has 0 radical (unpaired) electrons. The molecule has 1 aliphatic rings. The zero-order valence-electron chi connectivity index (χ0n) is 10.4. The molecule has 1 atom stereocenters. The van der Waals surface area contributed by atoms with Gasteiger partial charge < -0.3 is 9.64 Å². The standard InChI is InChI=1S/C14H16BrNO2/c1-10(2)9-18-13-5-3-4-12(7-13)16-8-11(15)6-14(16)17/h3-5,7,11H,1,6,8-9H2,2H3. The molecule has 96 valence electrons. The molecule has 0 aliphatic carbocycles. The van der Waals surface area contributed by atoms with Crippen LogP contribution in [0.4, 0.5) is 5.69 Å². The Kier molecular flexibility index (Phi) is 4.07. The molecule has 1 aromatic rings. The first kappa shape index (κ1) is 13.1. The maximum absolute atomic E-state index is 11.8. The Labute approximate surface area is 116 Å². The van der Waals surface area contributed by atoms with Crippen LogP contribution in [0.2, 0.25) is 0 Å². The van der Waals surface area contributed by atoms with Crippen molar-refractivity contribution in [3.8, 4) is 5.75 Å². The molecular weight excluding hydrogens is 294 g/mol. The number of hydrogen-bond donors (Lipinski definition) is 0. The summed E-state index contributed by atoms with van der Waals surface area (Å²) < 4.78 is 5.58. The number of rotatable bonds is 4. The normalized spacial score (nSPS) is 19.1. The number of ether oxygens (including phenoxy) is 1. The number of alkyl halides is 1. The van der Waals surface area contributed by atoms with Gasteiger partial charge in [0.25, 0.3) is 0 Å². The highest BCUT2D eigenvalue weighted by Gasteiger charge is 2.28. The van der Waals surface area contributed by atoms with Crippen molar-refractivity contribution in [1.82, 2.24) is 0 Å². The van der Waals surface area contributed by atoms with Gasteiger partial charge in [0.2, 0.25) is 5.91 Å². The number of benzene rings is 1. The smallest absolute Gasteiger partial charge is 0.228 e. The Bertz CT molecular complexity index is 473. The first-order valence-electron chi connectivity index (χ1n) is 5.88. The molecule has 1 heterocycles. The summed E-state index contributed by atoms with van der Waals surface area (Å²) in [6.07, 6.45) is 0.552. The average molecular weight is 310 g/mol. The van der Waals surface area contributed by atoms with Crippen molar-refractivity contribution in [1.29, 1.82) is 0 Å². The third-order valence-corrected chi connectivity index (χ3v) is 3.31. The number of carbonyl (C=O) groups is 1. The summed E-state index contributed by atoms with van der Waals surface area (Å²) in [5.41, 5.74) is 1.86. The monoisotopic (exact) mass is 309 g/mol. The summed E-state index contributed by atoms with van der Waals surface area (Å²) in [5.74, 6) is 0.912. The number of hydrogen-bond acceptors (Lipinski definition) is 2. The Morgan fingerprint density at radius 1 is 1.61 bits per heavy atom. The van der Waals surface area contributed by atoms with Crippen LogP contribution in [0.1, 0.15) is 13.3 Å². The van der Waals surface area contributed by atoms with Gasteiger partial charge in [0.1, 0.15) is 12.4 Å². The van der Waals surface area contributed by atoms with E-state index in [2.05, 4.69) is 22.5 Å². The van der Waals surface area contributed by atoms with E-state index in [4.69, 9.17) is 4.74 Å². The van der Waals surface area contributed by atoms with Gasteiger partial charge in [-0.15, -0.1) is 0 Å². The van der Waals surface area contributed by atoms with Gasteiger partial charge in [0, 0.05) is 29.5 Å². The summed E-state index contributed by atoms with van der Waals surface area (Å²) in [5, 5.41) is 0. The van der Waals surface area contributed by atoms with Crippen LogP contribution in [0.3, 0.4) is 0 Å². The lowest BCUT2D eigenvalue weighted by atomic mass is 10.2. The Balaban J connectivity index is 2.12. The van der Waals surface area contributed by atoms with Gasteiger partial charge in [-0.1, -0.05) is 28.6 Å². The fourth-order valence-electron chi connectivity index (χ4n) is 1.86. The molecule has 18 heavy (non-hydrogen) atoms. The summed E-state index contributed by atoms with van der Waals surface area (Å²) in [7, 11) is 0. The summed E-state index contributed by atoms with van der Waals surface area (Å²) >= 11 is 3.48. The van der Waals surface area contributed by atoms with Crippen LogP contribution in [-0.2, 0) is 4.79 Å². The molecule has 1 amide bonds. The van der Waals surface area contributed by atoms with Crippen LogP contribution < -0.4 is 9.64 Å².